The van der Waals surface area contributed by atoms with Crippen LogP contribution in [0.25, 0.3) is 10.2 Å². The van der Waals surface area contributed by atoms with E-state index in [0.29, 0.717) is 17.5 Å². The predicted molar refractivity (Wildman–Crippen MR) is 126 cm³/mol. The first-order chi connectivity index (χ1) is 15.6. The van der Waals surface area contributed by atoms with Gasteiger partial charge in [0, 0.05) is 6.04 Å². The number of carbonyl (C=O) groups is 3. The van der Waals surface area contributed by atoms with Crippen LogP contribution in [0.3, 0.4) is 0 Å². The van der Waals surface area contributed by atoms with Crippen molar-refractivity contribution in [1.82, 2.24) is 10.3 Å². The van der Waals surface area contributed by atoms with Gasteiger partial charge in [0.15, 0.2) is 4.34 Å². The summed E-state index contributed by atoms with van der Waals surface area (Å²) in [4.78, 5) is 44.5. The molecule has 0 unspecified atom stereocenters. The summed E-state index contributed by atoms with van der Waals surface area (Å²) in [5.74, 6) is 0.328. The number of benzene rings is 1. The number of carbonyl (C=O) groups excluding carboxylic acids is 3. The average Bonchev–Trinajstić information content (AvgIpc) is 3.55. The molecular formula is C24H25N3O3S2. The number of thiazole rings is 1. The monoisotopic (exact) mass is 467 g/mol. The number of rotatable bonds is 5. The average molecular weight is 468 g/mol. The minimum absolute atomic E-state index is 0.0601. The molecule has 0 radical (unpaired) electrons. The Morgan fingerprint density at radius 3 is 2.53 bits per heavy atom. The number of imide groups is 1. The van der Waals surface area contributed by atoms with Gasteiger partial charge in [-0.3, -0.25) is 14.4 Å². The van der Waals surface area contributed by atoms with Crippen molar-refractivity contribution in [3.63, 3.8) is 0 Å². The molecule has 2 aromatic rings. The van der Waals surface area contributed by atoms with Gasteiger partial charge in [0.05, 0.1) is 33.5 Å². The predicted octanol–water partition coefficient (Wildman–Crippen LogP) is 4.15. The van der Waals surface area contributed by atoms with Crippen molar-refractivity contribution in [3.8, 4) is 0 Å². The van der Waals surface area contributed by atoms with Crippen molar-refractivity contribution in [2.45, 2.75) is 48.9 Å². The van der Waals surface area contributed by atoms with E-state index < -0.39 is 0 Å². The van der Waals surface area contributed by atoms with E-state index in [1.165, 1.54) is 47.3 Å². The maximum Gasteiger partial charge on any atom is 0.238 e. The van der Waals surface area contributed by atoms with Crippen LogP contribution < -0.4 is 10.2 Å². The zero-order valence-electron chi connectivity index (χ0n) is 17.7. The molecule has 1 aliphatic heterocycles. The van der Waals surface area contributed by atoms with Gasteiger partial charge in [0.2, 0.25) is 17.7 Å². The fourth-order valence-corrected chi connectivity index (χ4v) is 7.81. The maximum absolute atomic E-state index is 13.1. The zero-order chi connectivity index (χ0) is 21.8. The summed E-state index contributed by atoms with van der Waals surface area (Å²) in [7, 11) is 0. The van der Waals surface area contributed by atoms with Crippen molar-refractivity contribution in [1.29, 1.82) is 0 Å². The van der Waals surface area contributed by atoms with Crippen LogP contribution in [0.15, 0.2) is 34.7 Å². The smallest absolute Gasteiger partial charge is 0.238 e. The molecule has 2 bridgehead atoms. The molecule has 1 saturated heterocycles. The molecule has 32 heavy (non-hydrogen) atoms. The van der Waals surface area contributed by atoms with Crippen LogP contribution in [0.4, 0.5) is 5.69 Å². The third kappa shape index (κ3) is 3.39. The summed E-state index contributed by atoms with van der Waals surface area (Å²) in [5.41, 5.74) is 1.46. The highest BCUT2D eigenvalue weighted by molar-refractivity contribution is 8.01. The van der Waals surface area contributed by atoms with Gasteiger partial charge < -0.3 is 5.32 Å². The lowest BCUT2D eigenvalue weighted by molar-refractivity contribution is -0.123. The van der Waals surface area contributed by atoms with Gasteiger partial charge in [0.25, 0.3) is 0 Å². The molecule has 1 aromatic carbocycles. The minimum Gasteiger partial charge on any atom is -0.353 e. The topological polar surface area (TPSA) is 79.4 Å². The summed E-state index contributed by atoms with van der Waals surface area (Å²) in [6.07, 6.45) is 11.0. The van der Waals surface area contributed by atoms with Crippen molar-refractivity contribution >= 4 is 56.7 Å². The first-order valence-corrected chi connectivity index (χ1v) is 13.3. The van der Waals surface area contributed by atoms with Gasteiger partial charge in [-0.15, -0.1) is 11.3 Å². The lowest BCUT2D eigenvalue weighted by Gasteiger charge is -2.22. The molecule has 3 aliphatic carbocycles. The second-order valence-corrected chi connectivity index (χ2v) is 11.6. The number of hydrogen-bond donors (Lipinski definition) is 1. The fraction of sp³-hybridized carbons (Fsp3) is 0.500. The molecule has 6 rings (SSSR count). The fourth-order valence-electron chi connectivity index (χ4n) is 5.89. The first-order valence-electron chi connectivity index (χ1n) is 11.5. The van der Waals surface area contributed by atoms with Crippen LogP contribution in [0, 0.1) is 23.7 Å². The first kappa shape index (κ1) is 20.4. The molecule has 166 valence electrons. The van der Waals surface area contributed by atoms with Crippen LogP contribution in [0.5, 0.6) is 0 Å². The highest BCUT2D eigenvalue weighted by Crippen LogP contribution is 2.53. The van der Waals surface area contributed by atoms with Gasteiger partial charge in [-0.05, 0) is 49.3 Å². The Morgan fingerprint density at radius 2 is 1.81 bits per heavy atom. The summed E-state index contributed by atoms with van der Waals surface area (Å²) in [6.45, 7) is 0. The van der Waals surface area contributed by atoms with Crippen LogP contribution >= 0.6 is 23.1 Å². The Hall–Kier alpha value is -2.19. The number of thioether (sulfide) groups is 1. The number of nitrogens with one attached hydrogen (secondary N) is 1. The molecule has 4 atom stereocenters. The number of nitrogens with zero attached hydrogens (tertiary/aromatic N) is 2. The summed E-state index contributed by atoms with van der Waals surface area (Å²) >= 11 is 2.95. The molecule has 3 amide bonds. The molecule has 6 nitrogen and oxygen atoms in total. The second kappa shape index (κ2) is 7.99. The third-order valence-corrected chi connectivity index (χ3v) is 9.54. The molecule has 3 fully saturated rings. The number of fused-ring (bicyclic) bond motifs is 6. The summed E-state index contributed by atoms with van der Waals surface area (Å²) < 4.78 is 1.76. The van der Waals surface area contributed by atoms with E-state index in [0.717, 1.165) is 33.8 Å². The molecule has 0 spiro atoms. The van der Waals surface area contributed by atoms with Crippen LogP contribution in [-0.2, 0) is 14.4 Å². The standard InChI is InChI=1S/C24H25N3O3S2/c28-19(25-15-4-2-1-3-5-15)12-31-24-26-17-9-8-16(11-18(17)32-24)27-22(29)20-13-6-7-14(10-13)21(20)23(27)30/h6-9,11,13-15,20-21H,1-5,10,12H2,(H,25,28)/t13-,14+,20-,21+. The Labute approximate surface area is 194 Å². The van der Waals surface area contributed by atoms with Gasteiger partial charge in [-0.2, -0.15) is 0 Å². The van der Waals surface area contributed by atoms with Gasteiger partial charge in [-0.25, -0.2) is 9.88 Å². The van der Waals surface area contributed by atoms with E-state index in [9.17, 15) is 14.4 Å². The summed E-state index contributed by atoms with van der Waals surface area (Å²) in [5, 5.41) is 3.14. The van der Waals surface area contributed by atoms with Crippen LogP contribution in [0.1, 0.15) is 38.5 Å². The minimum atomic E-state index is -0.191. The lowest BCUT2D eigenvalue weighted by atomic mass is 9.85. The van der Waals surface area contributed by atoms with E-state index >= 15 is 0 Å². The Balaban J connectivity index is 1.15. The van der Waals surface area contributed by atoms with E-state index in [4.69, 9.17) is 0 Å². The molecule has 4 aliphatic rings. The van der Waals surface area contributed by atoms with Crippen LogP contribution in [0.2, 0.25) is 0 Å². The van der Waals surface area contributed by atoms with Gasteiger partial charge >= 0.3 is 0 Å². The number of hydrogen-bond acceptors (Lipinski definition) is 6. The molecule has 8 heteroatoms. The van der Waals surface area contributed by atoms with E-state index in [-0.39, 0.29) is 41.4 Å². The Morgan fingerprint density at radius 1 is 1.09 bits per heavy atom. The van der Waals surface area contributed by atoms with Gasteiger partial charge in [0.1, 0.15) is 0 Å². The Kier molecular flexibility index (Phi) is 5.10. The SMILES string of the molecule is O=C(CSc1nc2ccc(N3C(=O)[C@@H]4[C@H](C3=O)[C@@H]3C=C[C@H]4C3)cc2s1)NC1CCCCC1. The molecule has 1 N–H and O–H groups in total. The summed E-state index contributed by atoms with van der Waals surface area (Å²) in [6, 6.07) is 5.90. The van der Waals surface area contributed by atoms with Gasteiger partial charge in [-0.1, -0.05) is 43.2 Å². The van der Waals surface area contributed by atoms with E-state index in [1.54, 1.807) is 0 Å². The molecular weight excluding hydrogens is 442 g/mol. The second-order valence-electron chi connectivity index (χ2n) is 9.33. The highest BCUT2D eigenvalue weighted by atomic mass is 32.2. The van der Waals surface area contributed by atoms with E-state index in [1.807, 2.05) is 18.2 Å². The maximum atomic E-state index is 13.1. The molecule has 2 saturated carbocycles. The highest BCUT2D eigenvalue weighted by Gasteiger charge is 2.59. The van der Waals surface area contributed by atoms with Crippen molar-refractivity contribution < 1.29 is 14.4 Å². The number of anilines is 1. The van der Waals surface area contributed by atoms with Crippen molar-refractivity contribution in [3.05, 3.63) is 30.4 Å². The number of amides is 3. The Bertz CT molecular complexity index is 1110. The lowest BCUT2D eigenvalue weighted by Crippen LogP contribution is -2.37. The van der Waals surface area contributed by atoms with Crippen molar-refractivity contribution in [2.24, 2.45) is 23.7 Å². The van der Waals surface area contributed by atoms with Crippen LogP contribution in [-0.4, -0.2) is 34.5 Å². The molecule has 2 heterocycles. The third-order valence-electron chi connectivity index (χ3n) is 7.38. The molecule has 1 aromatic heterocycles. The largest absolute Gasteiger partial charge is 0.353 e. The number of allylic oxidation sites excluding steroid dienone is 2. The van der Waals surface area contributed by atoms with Crippen molar-refractivity contribution in [2.75, 3.05) is 10.7 Å². The number of aromatic nitrogens is 1. The quantitative estimate of drug-likeness (QED) is 0.406. The van der Waals surface area contributed by atoms with E-state index in [2.05, 4.69) is 22.5 Å². The normalized spacial score (nSPS) is 29.3. The zero-order valence-corrected chi connectivity index (χ0v) is 19.3.